The van der Waals surface area contributed by atoms with Gasteiger partial charge >= 0.3 is 0 Å². The molecule has 1 aliphatic heterocycles. The first-order valence-electron chi connectivity index (χ1n) is 6.51. The van der Waals surface area contributed by atoms with Crippen molar-refractivity contribution in [1.29, 1.82) is 0 Å². The van der Waals surface area contributed by atoms with E-state index >= 15 is 0 Å². The van der Waals surface area contributed by atoms with Crippen molar-refractivity contribution >= 4 is 5.69 Å². The molecule has 0 aromatic heterocycles. The third-order valence-corrected chi connectivity index (χ3v) is 3.48. The standard InChI is InChI=1S/C15H24N2/c1-15(2,3)13-6-8-14(9-7-13)17-11-5-10-16(4)12-17/h6-9H,5,10-12H2,1-4H3. The Morgan fingerprint density at radius 2 is 1.65 bits per heavy atom. The Balaban J connectivity index is 2.12. The topological polar surface area (TPSA) is 6.48 Å². The average Bonchev–Trinajstić information content (AvgIpc) is 2.28. The van der Waals surface area contributed by atoms with Crippen molar-refractivity contribution in [2.24, 2.45) is 0 Å². The lowest BCUT2D eigenvalue weighted by molar-refractivity contribution is 0.292. The fraction of sp³-hybridized carbons (Fsp3) is 0.600. The fourth-order valence-corrected chi connectivity index (χ4v) is 2.35. The molecule has 1 fully saturated rings. The van der Waals surface area contributed by atoms with Gasteiger partial charge in [-0.25, -0.2) is 0 Å². The molecule has 0 unspecified atom stereocenters. The summed E-state index contributed by atoms with van der Waals surface area (Å²) < 4.78 is 0. The Labute approximate surface area is 105 Å². The number of hydrogen-bond donors (Lipinski definition) is 0. The molecule has 1 aromatic carbocycles. The Morgan fingerprint density at radius 3 is 2.18 bits per heavy atom. The van der Waals surface area contributed by atoms with E-state index in [1.54, 1.807) is 0 Å². The van der Waals surface area contributed by atoms with Gasteiger partial charge in [0, 0.05) is 18.8 Å². The van der Waals surface area contributed by atoms with Crippen molar-refractivity contribution in [2.45, 2.75) is 32.6 Å². The molecule has 0 saturated carbocycles. The number of benzene rings is 1. The van der Waals surface area contributed by atoms with Crippen molar-refractivity contribution < 1.29 is 0 Å². The minimum absolute atomic E-state index is 0.247. The van der Waals surface area contributed by atoms with E-state index in [9.17, 15) is 0 Å². The summed E-state index contributed by atoms with van der Waals surface area (Å²) in [5.41, 5.74) is 3.01. The number of anilines is 1. The Hall–Kier alpha value is -1.02. The molecular weight excluding hydrogens is 208 g/mol. The predicted octanol–water partition coefficient (Wildman–Crippen LogP) is 3.08. The van der Waals surface area contributed by atoms with Crippen LogP contribution in [0.15, 0.2) is 24.3 Å². The summed E-state index contributed by atoms with van der Waals surface area (Å²) in [7, 11) is 2.19. The van der Waals surface area contributed by atoms with Crippen LogP contribution in [0.5, 0.6) is 0 Å². The van der Waals surface area contributed by atoms with Gasteiger partial charge in [-0.2, -0.15) is 0 Å². The summed E-state index contributed by atoms with van der Waals surface area (Å²) in [6, 6.07) is 9.06. The average molecular weight is 232 g/mol. The first-order valence-corrected chi connectivity index (χ1v) is 6.51. The van der Waals surface area contributed by atoms with E-state index in [0.717, 1.165) is 6.67 Å². The van der Waals surface area contributed by atoms with Crippen molar-refractivity contribution in [3.63, 3.8) is 0 Å². The Bertz CT molecular complexity index is 362. The molecular formula is C15H24N2. The Morgan fingerprint density at radius 1 is 1.00 bits per heavy atom. The van der Waals surface area contributed by atoms with Gasteiger partial charge in [0.25, 0.3) is 0 Å². The fourth-order valence-electron chi connectivity index (χ4n) is 2.35. The number of hydrogen-bond acceptors (Lipinski definition) is 2. The van der Waals surface area contributed by atoms with Crippen LogP contribution in [0.4, 0.5) is 5.69 Å². The minimum Gasteiger partial charge on any atom is -0.358 e. The smallest absolute Gasteiger partial charge is 0.0704 e. The van der Waals surface area contributed by atoms with E-state index < -0.39 is 0 Å². The van der Waals surface area contributed by atoms with Crippen LogP contribution in [0, 0.1) is 0 Å². The molecule has 0 N–H and O–H groups in total. The lowest BCUT2D eigenvalue weighted by Crippen LogP contribution is -2.42. The maximum atomic E-state index is 2.45. The molecule has 1 aromatic rings. The highest BCUT2D eigenvalue weighted by Crippen LogP contribution is 2.25. The first kappa shape index (κ1) is 12.4. The van der Waals surface area contributed by atoms with Crippen LogP contribution in [0.1, 0.15) is 32.8 Å². The molecule has 0 aliphatic carbocycles. The van der Waals surface area contributed by atoms with Crippen LogP contribution < -0.4 is 4.90 Å². The number of rotatable bonds is 1. The predicted molar refractivity (Wildman–Crippen MR) is 74.6 cm³/mol. The van der Waals surface area contributed by atoms with Gasteiger partial charge in [-0.15, -0.1) is 0 Å². The molecule has 0 amide bonds. The zero-order chi connectivity index (χ0) is 12.5. The van der Waals surface area contributed by atoms with Gasteiger partial charge in [-0.3, -0.25) is 4.90 Å². The van der Waals surface area contributed by atoms with Crippen molar-refractivity contribution in [3.8, 4) is 0 Å². The van der Waals surface area contributed by atoms with Gasteiger partial charge in [-0.05, 0) is 36.6 Å². The normalized spacial score (nSPS) is 18.5. The molecule has 1 heterocycles. The molecule has 0 atom stereocenters. The molecule has 94 valence electrons. The zero-order valence-electron chi connectivity index (χ0n) is 11.5. The van der Waals surface area contributed by atoms with Gasteiger partial charge in [0.2, 0.25) is 0 Å². The third kappa shape index (κ3) is 3.01. The van der Waals surface area contributed by atoms with Gasteiger partial charge in [0.15, 0.2) is 0 Å². The molecule has 0 bridgehead atoms. The van der Waals surface area contributed by atoms with E-state index in [1.807, 2.05) is 0 Å². The van der Waals surface area contributed by atoms with Gasteiger partial charge in [0.1, 0.15) is 0 Å². The minimum atomic E-state index is 0.247. The summed E-state index contributed by atoms with van der Waals surface area (Å²) in [6.07, 6.45) is 1.26. The monoisotopic (exact) mass is 232 g/mol. The molecule has 0 spiro atoms. The summed E-state index contributed by atoms with van der Waals surface area (Å²) in [5.74, 6) is 0. The molecule has 1 saturated heterocycles. The molecule has 2 rings (SSSR count). The second kappa shape index (κ2) is 4.69. The third-order valence-electron chi connectivity index (χ3n) is 3.48. The summed E-state index contributed by atoms with van der Waals surface area (Å²) in [6.45, 7) is 10.2. The lowest BCUT2D eigenvalue weighted by Gasteiger charge is -2.35. The molecule has 1 aliphatic rings. The summed E-state index contributed by atoms with van der Waals surface area (Å²) in [5, 5.41) is 0. The highest BCUT2D eigenvalue weighted by molar-refractivity contribution is 5.48. The van der Waals surface area contributed by atoms with E-state index in [2.05, 4.69) is 61.9 Å². The van der Waals surface area contributed by atoms with Gasteiger partial charge < -0.3 is 4.90 Å². The van der Waals surface area contributed by atoms with Gasteiger partial charge in [-0.1, -0.05) is 32.9 Å². The van der Waals surface area contributed by atoms with E-state index in [1.165, 1.54) is 30.8 Å². The maximum absolute atomic E-state index is 2.45. The first-order chi connectivity index (χ1) is 7.97. The highest BCUT2D eigenvalue weighted by atomic mass is 15.3. The lowest BCUT2D eigenvalue weighted by atomic mass is 9.87. The van der Waals surface area contributed by atoms with Crippen molar-refractivity contribution in [1.82, 2.24) is 4.90 Å². The molecule has 17 heavy (non-hydrogen) atoms. The summed E-state index contributed by atoms with van der Waals surface area (Å²) in [4.78, 5) is 4.83. The van der Waals surface area contributed by atoms with Crippen molar-refractivity contribution in [3.05, 3.63) is 29.8 Å². The maximum Gasteiger partial charge on any atom is 0.0704 e. The number of nitrogens with zero attached hydrogens (tertiary/aromatic N) is 2. The van der Waals surface area contributed by atoms with Crippen LogP contribution in [-0.2, 0) is 5.41 Å². The largest absolute Gasteiger partial charge is 0.358 e. The van der Waals surface area contributed by atoms with E-state index in [-0.39, 0.29) is 5.41 Å². The van der Waals surface area contributed by atoms with Crippen LogP contribution in [-0.4, -0.2) is 31.7 Å². The highest BCUT2D eigenvalue weighted by Gasteiger charge is 2.16. The zero-order valence-corrected chi connectivity index (χ0v) is 11.5. The molecule has 2 heteroatoms. The second-order valence-electron chi connectivity index (χ2n) is 6.13. The summed E-state index contributed by atoms with van der Waals surface area (Å²) >= 11 is 0. The second-order valence-corrected chi connectivity index (χ2v) is 6.13. The van der Waals surface area contributed by atoms with E-state index in [4.69, 9.17) is 0 Å². The quantitative estimate of drug-likeness (QED) is 0.734. The van der Waals surface area contributed by atoms with Crippen LogP contribution in [0.25, 0.3) is 0 Å². The van der Waals surface area contributed by atoms with Crippen LogP contribution in [0.2, 0.25) is 0 Å². The molecule has 2 nitrogen and oxygen atoms in total. The Kier molecular flexibility index (Phi) is 3.43. The SMILES string of the molecule is CN1CCCN(c2ccc(C(C)(C)C)cc2)C1. The van der Waals surface area contributed by atoms with Gasteiger partial charge in [0.05, 0.1) is 6.67 Å². The van der Waals surface area contributed by atoms with Crippen molar-refractivity contribution in [2.75, 3.05) is 31.7 Å². The van der Waals surface area contributed by atoms with Crippen LogP contribution in [0.3, 0.4) is 0 Å². The van der Waals surface area contributed by atoms with Crippen LogP contribution >= 0.6 is 0 Å². The van der Waals surface area contributed by atoms with E-state index in [0.29, 0.717) is 0 Å². The molecule has 0 radical (unpaired) electrons.